The third kappa shape index (κ3) is 7.67. The number of carboxylic acids is 3. The summed E-state index contributed by atoms with van der Waals surface area (Å²) in [5.41, 5.74) is 13.2. The van der Waals surface area contributed by atoms with Gasteiger partial charge in [-0.3, -0.25) is 24.0 Å². The molecule has 16 heteroatoms. The predicted molar refractivity (Wildman–Crippen MR) is 167 cm³/mol. The van der Waals surface area contributed by atoms with Crippen LogP contribution >= 0.6 is 0 Å². The van der Waals surface area contributed by atoms with Crippen molar-refractivity contribution in [2.45, 2.75) is 81.7 Å². The monoisotopic (exact) mass is 671 g/mol. The van der Waals surface area contributed by atoms with E-state index in [1.165, 1.54) is 25.7 Å². The Labute approximate surface area is 276 Å². The summed E-state index contributed by atoms with van der Waals surface area (Å²) in [5, 5.41) is 24.7. The first-order chi connectivity index (χ1) is 22.6. The second kappa shape index (κ2) is 15.0. The molecule has 2 bridgehead atoms. The second-order valence-electron chi connectivity index (χ2n) is 12.2. The number of benzene rings is 1. The zero-order chi connectivity index (χ0) is 35.3. The normalized spacial score (nSPS) is 25.4. The average molecular weight is 672 g/mol. The maximum atomic E-state index is 11.7. The topological polar surface area (TPSA) is 258 Å². The lowest BCUT2D eigenvalue weighted by molar-refractivity contribution is -0.152. The minimum Gasteiger partial charge on any atom is -0.481 e. The van der Waals surface area contributed by atoms with Gasteiger partial charge < -0.3 is 50.9 Å². The van der Waals surface area contributed by atoms with Gasteiger partial charge in [0.25, 0.3) is 0 Å². The molecule has 4 aliphatic rings. The van der Waals surface area contributed by atoms with Crippen molar-refractivity contribution in [3.8, 4) is 11.5 Å². The van der Waals surface area contributed by atoms with Crippen molar-refractivity contribution in [3.63, 3.8) is 0 Å². The van der Waals surface area contributed by atoms with Crippen molar-refractivity contribution in [1.29, 1.82) is 0 Å². The molecule has 1 unspecified atom stereocenters. The van der Waals surface area contributed by atoms with Crippen molar-refractivity contribution in [1.82, 2.24) is 14.9 Å². The molecule has 8 N–H and O–H groups in total. The van der Waals surface area contributed by atoms with Crippen LogP contribution in [-0.4, -0.2) is 104 Å². The fourth-order valence-corrected chi connectivity index (χ4v) is 6.86. The number of rotatable bonds is 9. The molecule has 3 heterocycles. The molecular formula is C32H41N5O11. The van der Waals surface area contributed by atoms with Crippen LogP contribution in [0.15, 0.2) is 36.8 Å². The number of esters is 2. The Morgan fingerprint density at radius 1 is 1.08 bits per heavy atom. The van der Waals surface area contributed by atoms with Gasteiger partial charge in [0.15, 0.2) is 17.6 Å². The van der Waals surface area contributed by atoms with E-state index >= 15 is 0 Å². The predicted octanol–water partition coefficient (Wildman–Crippen LogP) is 0.616. The van der Waals surface area contributed by atoms with Crippen LogP contribution in [0.1, 0.15) is 49.9 Å². The number of piperidine rings is 1. The summed E-state index contributed by atoms with van der Waals surface area (Å²) in [6.07, 6.45) is 8.42. The number of aromatic nitrogens is 2. The number of likely N-dealkylation sites (N-methyl/N-ethyl adjacent to an activating group) is 1. The van der Waals surface area contributed by atoms with Crippen LogP contribution in [0, 0.1) is 5.92 Å². The second-order valence-corrected chi connectivity index (χ2v) is 12.2. The molecule has 16 nitrogen and oxygen atoms in total. The molecule has 1 aromatic carbocycles. The maximum Gasteiger partial charge on any atom is 0.320 e. The lowest BCUT2D eigenvalue weighted by Crippen LogP contribution is -2.65. The molecule has 48 heavy (non-hydrogen) atoms. The van der Waals surface area contributed by atoms with Crippen LogP contribution in [0.5, 0.6) is 11.5 Å². The highest BCUT2D eigenvalue weighted by Crippen LogP contribution is 2.62. The van der Waals surface area contributed by atoms with Crippen LogP contribution in [0.3, 0.4) is 0 Å². The molecule has 0 radical (unpaired) electrons. The van der Waals surface area contributed by atoms with Gasteiger partial charge in [-0.25, -0.2) is 4.98 Å². The van der Waals surface area contributed by atoms with E-state index in [0.717, 1.165) is 30.6 Å². The van der Waals surface area contributed by atoms with Crippen LogP contribution in [0.25, 0.3) is 0 Å². The number of H-pyrrole nitrogens is 1. The molecule has 2 aliphatic heterocycles. The van der Waals surface area contributed by atoms with Crippen LogP contribution in [-0.2, 0) is 47.0 Å². The number of nitrogens with one attached hydrogen (secondary N) is 1. The Hall–Kier alpha value is -4.80. The molecule has 7 atom stereocenters. The standard InChI is InChI=1S/C21H23NO5.C6H9N3O2.C5H9NO4/c1-11(23)25-16-6-4-13-10-15-14-5-7-17(26-12(2)24)20-21(14,8-9-22(15)3)18(13)19(16)27-20;7-5(6(10)11)1-4-2-8-3-9-4;6-3(5(9)10)1-2-4(7)8/h4-7,14-15,17,20H,8-10H2,1-3H3;2-3,5H,1,7H2,(H,8,9)(H,10,11);3H,1-2,6H2,(H,7,8)(H,9,10)/t14-,15+,17-,20-,21-;5-;/m00./s1. The van der Waals surface area contributed by atoms with Gasteiger partial charge in [0.05, 0.1) is 6.33 Å². The van der Waals surface area contributed by atoms with E-state index in [0.29, 0.717) is 17.5 Å². The van der Waals surface area contributed by atoms with Gasteiger partial charge in [0, 0.05) is 61.5 Å². The van der Waals surface area contributed by atoms with Gasteiger partial charge in [0.2, 0.25) is 0 Å². The number of carbonyl (C=O) groups excluding carboxylic acids is 2. The number of nitrogens with two attached hydrogens (primary N) is 2. The number of nitrogens with zero attached hydrogens (tertiary/aromatic N) is 2. The Kier molecular flexibility index (Phi) is 11.2. The molecule has 6 rings (SSSR count). The van der Waals surface area contributed by atoms with Crippen LogP contribution in [0.2, 0.25) is 0 Å². The summed E-state index contributed by atoms with van der Waals surface area (Å²) in [4.78, 5) is 62.3. The van der Waals surface area contributed by atoms with Crippen LogP contribution in [0.4, 0.5) is 0 Å². The molecule has 1 aromatic heterocycles. The number of carboxylic acid groups (broad SMARTS) is 3. The van der Waals surface area contributed by atoms with E-state index in [1.54, 1.807) is 6.20 Å². The van der Waals surface area contributed by atoms with Gasteiger partial charge in [-0.15, -0.1) is 0 Å². The Balaban J connectivity index is 0.000000205. The number of aliphatic carboxylic acids is 3. The zero-order valence-electron chi connectivity index (χ0n) is 26.8. The van der Waals surface area contributed by atoms with E-state index in [1.807, 2.05) is 12.1 Å². The molecular weight excluding hydrogens is 630 g/mol. The van der Waals surface area contributed by atoms with Crippen molar-refractivity contribution in [2.75, 3.05) is 13.6 Å². The highest BCUT2D eigenvalue weighted by Gasteiger charge is 2.65. The van der Waals surface area contributed by atoms with E-state index in [2.05, 4.69) is 34.1 Å². The Morgan fingerprint density at radius 2 is 1.79 bits per heavy atom. The lowest BCUT2D eigenvalue weighted by Gasteiger charge is -2.56. The quantitative estimate of drug-likeness (QED) is 0.121. The first kappa shape index (κ1) is 36.0. The van der Waals surface area contributed by atoms with Crippen LogP contribution < -0.4 is 20.9 Å². The first-order valence-electron chi connectivity index (χ1n) is 15.4. The van der Waals surface area contributed by atoms with Crippen molar-refractivity contribution in [3.05, 3.63) is 53.6 Å². The van der Waals surface area contributed by atoms with E-state index in [4.69, 9.17) is 41.0 Å². The largest absolute Gasteiger partial charge is 0.481 e. The number of ether oxygens (including phenoxy) is 3. The lowest BCUT2D eigenvalue weighted by atomic mass is 9.53. The number of aromatic amines is 1. The third-order valence-electron chi connectivity index (χ3n) is 8.97. The number of carbonyl (C=O) groups is 5. The number of likely N-dealkylation sites (tertiary alicyclic amines) is 1. The fraction of sp³-hybridized carbons (Fsp3) is 0.500. The highest BCUT2D eigenvalue weighted by atomic mass is 16.6. The third-order valence-corrected chi connectivity index (χ3v) is 8.97. The summed E-state index contributed by atoms with van der Waals surface area (Å²) in [6, 6.07) is 2.36. The van der Waals surface area contributed by atoms with Gasteiger partial charge in [0.1, 0.15) is 18.2 Å². The van der Waals surface area contributed by atoms with Gasteiger partial charge >= 0.3 is 29.8 Å². The van der Waals surface area contributed by atoms with E-state index < -0.39 is 36.1 Å². The summed E-state index contributed by atoms with van der Waals surface area (Å²) in [7, 11) is 2.17. The molecule has 1 spiro atoms. The molecule has 2 aromatic rings. The van der Waals surface area contributed by atoms with Crippen molar-refractivity contribution in [2.24, 2.45) is 17.4 Å². The SMILES string of the molecule is CC(=O)Oc1ccc2c3c1O[C@H]1[C@@H](OC(C)=O)C=C[C@H]4[C@@H](C2)N(C)CC[C@@]341.NC(CCC(=O)O)C(=O)O.N[C@@H](Cc1cnc[nH]1)C(=O)O. The molecule has 1 fully saturated rings. The number of hydrogen-bond donors (Lipinski definition) is 6. The minimum absolute atomic E-state index is 0.0231. The van der Waals surface area contributed by atoms with E-state index in [9.17, 15) is 24.0 Å². The molecule has 0 saturated carbocycles. The summed E-state index contributed by atoms with van der Waals surface area (Å²) < 4.78 is 17.5. The summed E-state index contributed by atoms with van der Waals surface area (Å²) in [5.74, 6) is -2.48. The number of imidazole rings is 1. The zero-order valence-corrected chi connectivity index (χ0v) is 26.8. The first-order valence-corrected chi connectivity index (χ1v) is 15.4. The van der Waals surface area contributed by atoms with E-state index in [-0.39, 0.29) is 48.6 Å². The summed E-state index contributed by atoms with van der Waals surface area (Å²) in [6.45, 7) is 3.77. The van der Waals surface area contributed by atoms with Crippen molar-refractivity contribution < 1.29 is 53.5 Å². The highest BCUT2D eigenvalue weighted by molar-refractivity contribution is 5.75. The Bertz CT molecular complexity index is 1560. The minimum atomic E-state index is -1.17. The molecule has 260 valence electrons. The molecule has 0 amide bonds. The Morgan fingerprint density at radius 3 is 2.38 bits per heavy atom. The van der Waals surface area contributed by atoms with Gasteiger partial charge in [-0.05, 0) is 50.6 Å². The smallest absolute Gasteiger partial charge is 0.320 e. The average Bonchev–Trinajstić information content (AvgIpc) is 3.65. The fourth-order valence-electron chi connectivity index (χ4n) is 6.86. The van der Waals surface area contributed by atoms with Gasteiger partial charge in [-0.1, -0.05) is 12.1 Å². The summed E-state index contributed by atoms with van der Waals surface area (Å²) >= 11 is 0. The number of hydrogen-bond acceptors (Lipinski definition) is 12. The molecule has 1 saturated heterocycles. The molecule has 2 aliphatic carbocycles. The van der Waals surface area contributed by atoms with Crippen molar-refractivity contribution >= 4 is 29.8 Å². The maximum absolute atomic E-state index is 11.7. The van der Waals surface area contributed by atoms with Gasteiger partial charge in [-0.2, -0.15) is 0 Å².